The third kappa shape index (κ3) is 3.62. The zero-order valence-electron chi connectivity index (χ0n) is 10.2. The third-order valence-corrected chi connectivity index (χ3v) is 2.53. The third-order valence-electron chi connectivity index (χ3n) is 2.53. The molecule has 5 nitrogen and oxygen atoms in total. The van der Waals surface area contributed by atoms with Crippen LogP contribution in [-0.2, 0) is 9.59 Å². The molecule has 0 aliphatic heterocycles. The van der Waals surface area contributed by atoms with Gasteiger partial charge >= 0.3 is 5.97 Å². The van der Waals surface area contributed by atoms with Crippen molar-refractivity contribution in [3.05, 3.63) is 24.2 Å². The van der Waals surface area contributed by atoms with E-state index in [9.17, 15) is 9.59 Å². The summed E-state index contributed by atoms with van der Waals surface area (Å²) in [5.41, 5.74) is -1.06. The first-order valence-electron chi connectivity index (χ1n) is 5.39. The number of carbonyl (C=O) groups excluding carboxylic acids is 1. The molecular weight excluding hydrogens is 222 g/mol. The quantitative estimate of drug-likeness (QED) is 0.823. The molecule has 0 aliphatic carbocycles. The number of aliphatic carboxylic acids is 1. The highest BCUT2D eigenvalue weighted by molar-refractivity contribution is 5.84. The van der Waals surface area contributed by atoms with Crippen LogP contribution in [-0.4, -0.2) is 17.0 Å². The molecular formula is C12H17NO4. The van der Waals surface area contributed by atoms with Crippen LogP contribution in [0.3, 0.4) is 0 Å². The van der Waals surface area contributed by atoms with Crippen LogP contribution in [0.5, 0.6) is 0 Å². The highest BCUT2D eigenvalue weighted by Crippen LogP contribution is 2.21. The standard InChI is InChI=1S/C12H17NO4/c1-8(9-5-4-6-17-9)13-10(14)7-12(2,3)11(15)16/h4-6,8H,7H2,1-3H3,(H,13,14)(H,15,16). The molecule has 1 atom stereocenters. The molecule has 1 amide bonds. The second-order valence-corrected chi connectivity index (χ2v) is 4.67. The van der Waals surface area contributed by atoms with Crippen LogP contribution in [0.25, 0.3) is 0 Å². The van der Waals surface area contributed by atoms with E-state index in [0.717, 1.165) is 0 Å². The van der Waals surface area contributed by atoms with Gasteiger partial charge in [0.05, 0.1) is 17.7 Å². The van der Waals surface area contributed by atoms with Crippen molar-refractivity contribution in [3.63, 3.8) is 0 Å². The van der Waals surface area contributed by atoms with Gasteiger partial charge in [0.25, 0.3) is 0 Å². The lowest BCUT2D eigenvalue weighted by Gasteiger charge is -2.19. The van der Waals surface area contributed by atoms with Crippen LogP contribution in [0.4, 0.5) is 0 Å². The van der Waals surface area contributed by atoms with Crippen molar-refractivity contribution in [2.24, 2.45) is 5.41 Å². The number of hydrogen-bond acceptors (Lipinski definition) is 3. The van der Waals surface area contributed by atoms with Crippen molar-refractivity contribution in [3.8, 4) is 0 Å². The highest BCUT2D eigenvalue weighted by Gasteiger charge is 2.30. The molecule has 1 heterocycles. The number of carbonyl (C=O) groups is 2. The van der Waals surface area contributed by atoms with Gasteiger partial charge in [0, 0.05) is 6.42 Å². The first kappa shape index (κ1) is 13.3. The Morgan fingerprint density at radius 2 is 2.18 bits per heavy atom. The maximum absolute atomic E-state index is 11.7. The second-order valence-electron chi connectivity index (χ2n) is 4.67. The number of furan rings is 1. The Morgan fingerprint density at radius 3 is 2.65 bits per heavy atom. The van der Waals surface area contributed by atoms with E-state index in [1.807, 2.05) is 0 Å². The molecule has 0 aromatic carbocycles. The molecule has 1 unspecified atom stereocenters. The van der Waals surface area contributed by atoms with Gasteiger partial charge < -0.3 is 14.8 Å². The molecule has 0 radical (unpaired) electrons. The number of hydrogen-bond donors (Lipinski definition) is 2. The Hall–Kier alpha value is -1.78. The molecule has 0 saturated carbocycles. The molecule has 0 aliphatic rings. The van der Waals surface area contributed by atoms with E-state index in [1.165, 1.54) is 20.1 Å². The molecule has 2 N–H and O–H groups in total. The fraction of sp³-hybridized carbons (Fsp3) is 0.500. The average Bonchev–Trinajstić information content (AvgIpc) is 2.68. The minimum Gasteiger partial charge on any atom is -0.481 e. The largest absolute Gasteiger partial charge is 0.481 e. The van der Waals surface area contributed by atoms with Crippen LogP contribution in [0.2, 0.25) is 0 Å². The van der Waals surface area contributed by atoms with Crippen LogP contribution in [0.15, 0.2) is 22.8 Å². The van der Waals surface area contributed by atoms with Gasteiger partial charge in [-0.1, -0.05) is 0 Å². The molecule has 1 rings (SSSR count). The van der Waals surface area contributed by atoms with Gasteiger partial charge in [-0.2, -0.15) is 0 Å². The first-order chi connectivity index (χ1) is 7.83. The summed E-state index contributed by atoms with van der Waals surface area (Å²) in [4.78, 5) is 22.5. The van der Waals surface area contributed by atoms with Gasteiger partial charge in [0.15, 0.2) is 0 Å². The molecule has 0 fully saturated rings. The van der Waals surface area contributed by atoms with E-state index in [4.69, 9.17) is 9.52 Å². The van der Waals surface area contributed by atoms with Crippen molar-refractivity contribution in [1.29, 1.82) is 0 Å². The van der Waals surface area contributed by atoms with Gasteiger partial charge in [-0.3, -0.25) is 9.59 Å². The van der Waals surface area contributed by atoms with Gasteiger partial charge in [0.2, 0.25) is 5.91 Å². The van der Waals surface area contributed by atoms with Crippen molar-refractivity contribution >= 4 is 11.9 Å². The summed E-state index contributed by atoms with van der Waals surface area (Å²) in [6.45, 7) is 4.82. The first-order valence-corrected chi connectivity index (χ1v) is 5.39. The Kier molecular flexibility index (Phi) is 3.93. The van der Waals surface area contributed by atoms with E-state index >= 15 is 0 Å². The van der Waals surface area contributed by atoms with E-state index in [0.29, 0.717) is 5.76 Å². The van der Waals surface area contributed by atoms with E-state index in [-0.39, 0.29) is 18.4 Å². The minimum absolute atomic E-state index is 0.0621. The maximum atomic E-state index is 11.7. The van der Waals surface area contributed by atoms with Crippen LogP contribution in [0, 0.1) is 5.41 Å². The summed E-state index contributed by atoms with van der Waals surface area (Å²) in [5, 5.41) is 11.6. The SMILES string of the molecule is CC(NC(=O)CC(C)(C)C(=O)O)c1ccco1. The summed E-state index contributed by atoms with van der Waals surface area (Å²) in [5.74, 6) is -0.647. The monoisotopic (exact) mass is 239 g/mol. The Bertz CT molecular complexity index is 395. The fourth-order valence-electron chi connectivity index (χ4n) is 1.38. The smallest absolute Gasteiger partial charge is 0.309 e. The zero-order chi connectivity index (χ0) is 13.1. The van der Waals surface area contributed by atoms with Crippen molar-refractivity contribution in [1.82, 2.24) is 5.32 Å². The number of carboxylic acids is 1. The summed E-state index contributed by atoms with van der Waals surface area (Å²) in [6.07, 6.45) is 1.46. The van der Waals surface area contributed by atoms with E-state index in [1.54, 1.807) is 19.1 Å². The predicted molar refractivity (Wildman–Crippen MR) is 61.3 cm³/mol. The van der Waals surface area contributed by atoms with E-state index in [2.05, 4.69) is 5.32 Å². The van der Waals surface area contributed by atoms with Gasteiger partial charge in [-0.15, -0.1) is 0 Å². The van der Waals surface area contributed by atoms with Gasteiger partial charge in [0.1, 0.15) is 5.76 Å². The Balaban J connectivity index is 2.53. The highest BCUT2D eigenvalue weighted by atomic mass is 16.4. The summed E-state index contributed by atoms with van der Waals surface area (Å²) in [7, 11) is 0. The summed E-state index contributed by atoms with van der Waals surface area (Å²) >= 11 is 0. The number of nitrogens with one attached hydrogen (secondary N) is 1. The lowest BCUT2D eigenvalue weighted by molar-refractivity contribution is -0.149. The molecule has 94 valence electrons. The zero-order valence-corrected chi connectivity index (χ0v) is 10.2. The fourth-order valence-corrected chi connectivity index (χ4v) is 1.38. The Labute approximate surface area is 99.8 Å². The molecule has 0 spiro atoms. The second kappa shape index (κ2) is 5.03. The van der Waals surface area contributed by atoms with Crippen LogP contribution >= 0.6 is 0 Å². The van der Waals surface area contributed by atoms with E-state index < -0.39 is 11.4 Å². The molecule has 0 bridgehead atoms. The van der Waals surface area contributed by atoms with Crippen LogP contribution in [0.1, 0.15) is 39.0 Å². The molecule has 1 aromatic heterocycles. The lowest BCUT2D eigenvalue weighted by Crippen LogP contribution is -2.34. The summed E-state index contributed by atoms with van der Waals surface area (Å²) in [6, 6.07) is 3.23. The number of amides is 1. The topological polar surface area (TPSA) is 79.5 Å². The normalized spacial score (nSPS) is 13.1. The van der Waals surface area contributed by atoms with Crippen molar-refractivity contribution < 1.29 is 19.1 Å². The number of carboxylic acid groups (broad SMARTS) is 1. The molecule has 5 heteroatoms. The van der Waals surface area contributed by atoms with Gasteiger partial charge in [-0.25, -0.2) is 0 Å². The van der Waals surface area contributed by atoms with Crippen molar-refractivity contribution in [2.45, 2.75) is 33.2 Å². The minimum atomic E-state index is -1.06. The molecule has 1 aromatic rings. The number of rotatable bonds is 5. The molecule has 0 saturated heterocycles. The average molecular weight is 239 g/mol. The lowest BCUT2D eigenvalue weighted by atomic mass is 9.89. The molecule has 17 heavy (non-hydrogen) atoms. The van der Waals surface area contributed by atoms with Crippen LogP contribution < -0.4 is 5.32 Å². The predicted octanol–water partition coefficient (Wildman–Crippen LogP) is 1.96. The van der Waals surface area contributed by atoms with Crippen molar-refractivity contribution in [2.75, 3.05) is 0 Å². The maximum Gasteiger partial charge on any atom is 0.309 e. The Morgan fingerprint density at radius 1 is 1.53 bits per heavy atom. The summed E-state index contributed by atoms with van der Waals surface area (Å²) < 4.78 is 5.14. The van der Waals surface area contributed by atoms with Gasteiger partial charge in [-0.05, 0) is 32.9 Å².